The number of methoxy groups -OCH3 is 2. The van der Waals surface area contributed by atoms with Gasteiger partial charge in [0.1, 0.15) is 39.1 Å². The summed E-state index contributed by atoms with van der Waals surface area (Å²) in [6.07, 6.45) is 1.24. The number of hydrogen-bond acceptors (Lipinski definition) is 9. The van der Waals surface area contributed by atoms with E-state index in [4.69, 9.17) is 23.6 Å². The van der Waals surface area contributed by atoms with Crippen molar-refractivity contribution >= 4 is 43.6 Å². The van der Waals surface area contributed by atoms with Crippen LogP contribution in [0.3, 0.4) is 0 Å². The van der Waals surface area contributed by atoms with Crippen LogP contribution in [0.4, 0.5) is 5.13 Å². The van der Waals surface area contributed by atoms with Crippen molar-refractivity contribution in [1.29, 1.82) is 0 Å². The van der Waals surface area contributed by atoms with E-state index in [1.807, 2.05) is 0 Å². The Morgan fingerprint density at radius 1 is 1.11 bits per heavy atom. The Balaban J connectivity index is 1.57. The molecule has 9 nitrogen and oxygen atoms in total. The average molecular weight is 496 g/mol. The lowest BCUT2D eigenvalue weighted by molar-refractivity contribution is 0.0391. The van der Waals surface area contributed by atoms with Gasteiger partial charge in [-0.05, 0) is 24.3 Å². The third-order valence-electron chi connectivity index (χ3n) is 6.03. The van der Waals surface area contributed by atoms with E-state index in [1.165, 1.54) is 17.6 Å². The second-order valence-corrected chi connectivity index (χ2v) is 9.01. The maximum Gasteiger partial charge on any atom is 0.267 e. The molecule has 10 heteroatoms. The molecule has 0 aliphatic carbocycles. The Bertz CT molecular complexity index is 1390. The molecule has 3 heterocycles. The molecule has 1 saturated heterocycles. The van der Waals surface area contributed by atoms with Crippen molar-refractivity contribution in [3.05, 3.63) is 58.4 Å². The average Bonchev–Trinajstić information content (AvgIpc) is 3.34. The fourth-order valence-electron chi connectivity index (χ4n) is 4.11. The minimum atomic E-state index is -0.463. The monoisotopic (exact) mass is 495 g/mol. The number of carbonyl (C=O) groups is 1. The third kappa shape index (κ3) is 4.47. The molecule has 0 saturated carbocycles. The third-order valence-corrected chi connectivity index (χ3v) is 7.12. The van der Waals surface area contributed by atoms with Crippen molar-refractivity contribution in [2.24, 2.45) is 0 Å². The first kappa shape index (κ1) is 23.3. The number of benzene rings is 2. The van der Waals surface area contributed by atoms with Crippen molar-refractivity contribution in [3.8, 4) is 11.5 Å². The predicted molar refractivity (Wildman–Crippen MR) is 134 cm³/mol. The number of ether oxygens (including phenoxy) is 3. The molecule has 0 N–H and O–H groups in total. The van der Waals surface area contributed by atoms with E-state index in [9.17, 15) is 9.59 Å². The molecule has 1 aliphatic rings. The molecular formula is C25H25N3O6S. The van der Waals surface area contributed by atoms with Gasteiger partial charge in [-0.1, -0.05) is 23.5 Å². The van der Waals surface area contributed by atoms with E-state index >= 15 is 0 Å². The van der Waals surface area contributed by atoms with Crippen LogP contribution in [-0.2, 0) is 4.74 Å². The molecule has 1 aliphatic heterocycles. The molecule has 0 radical (unpaired) electrons. The summed E-state index contributed by atoms with van der Waals surface area (Å²) in [6, 6.07) is 10.5. The molecule has 0 bridgehead atoms. The molecule has 2 aromatic carbocycles. The minimum Gasteiger partial charge on any atom is -0.495 e. The van der Waals surface area contributed by atoms with E-state index in [2.05, 4.69) is 4.90 Å². The Morgan fingerprint density at radius 2 is 1.86 bits per heavy atom. The van der Waals surface area contributed by atoms with Crippen LogP contribution in [-0.4, -0.2) is 69.4 Å². The van der Waals surface area contributed by atoms with E-state index < -0.39 is 5.91 Å². The number of aromatic nitrogens is 1. The molecule has 0 unspecified atom stereocenters. The van der Waals surface area contributed by atoms with Crippen LogP contribution in [0.25, 0.3) is 21.2 Å². The smallest absolute Gasteiger partial charge is 0.267 e. The summed E-state index contributed by atoms with van der Waals surface area (Å²) in [6.45, 7) is 3.81. The van der Waals surface area contributed by atoms with Gasteiger partial charge in [0.05, 0.1) is 32.8 Å². The maximum absolute atomic E-state index is 13.8. The molecule has 4 aromatic rings. The second kappa shape index (κ2) is 10.0. The SMILES string of the molecule is COc1ccc(OC)c2sc(N(CCN3CCOCC3)C(=O)c3coc4ccccc4c3=O)nc12. The normalized spacial score (nSPS) is 14.3. The van der Waals surface area contributed by atoms with E-state index in [0.717, 1.165) is 17.8 Å². The zero-order valence-electron chi connectivity index (χ0n) is 19.5. The Kier molecular flexibility index (Phi) is 6.67. The Morgan fingerprint density at radius 3 is 2.63 bits per heavy atom. The molecule has 1 amide bonds. The molecule has 1 fully saturated rings. The predicted octanol–water partition coefficient (Wildman–Crippen LogP) is 3.40. The van der Waals surface area contributed by atoms with Crippen LogP contribution in [0, 0.1) is 0 Å². The molecule has 182 valence electrons. The molecule has 35 heavy (non-hydrogen) atoms. The van der Waals surface area contributed by atoms with Gasteiger partial charge >= 0.3 is 0 Å². The van der Waals surface area contributed by atoms with E-state index in [0.29, 0.717) is 59.4 Å². The Hall–Kier alpha value is -3.47. The summed E-state index contributed by atoms with van der Waals surface area (Å²) in [5, 5.41) is 0.813. The fraction of sp³-hybridized carbons (Fsp3) is 0.320. The number of para-hydroxylation sites is 1. The van der Waals surface area contributed by atoms with E-state index in [-0.39, 0.29) is 11.0 Å². The number of morpholine rings is 1. The van der Waals surface area contributed by atoms with Crippen LogP contribution in [0.2, 0.25) is 0 Å². The first-order valence-electron chi connectivity index (χ1n) is 11.2. The van der Waals surface area contributed by atoms with E-state index in [1.54, 1.807) is 55.5 Å². The largest absolute Gasteiger partial charge is 0.495 e. The molecular weight excluding hydrogens is 470 g/mol. The summed E-state index contributed by atoms with van der Waals surface area (Å²) < 4.78 is 22.8. The summed E-state index contributed by atoms with van der Waals surface area (Å²) >= 11 is 1.32. The first-order chi connectivity index (χ1) is 17.1. The summed E-state index contributed by atoms with van der Waals surface area (Å²) in [5.74, 6) is 0.749. The van der Waals surface area contributed by atoms with Crippen LogP contribution < -0.4 is 19.8 Å². The summed E-state index contributed by atoms with van der Waals surface area (Å²) in [7, 11) is 3.16. The first-order valence-corrected chi connectivity index (χ1v) is 12.1. The number of rotatable bonds is 7. The maximum atomic E-state index is 13.8. The zero-order valence-corrected chi connectivity index (χ0v) is 20.3. The number of nitrogens with zero attached hydrogens (tertiary/aromatic N) is 3. The summed E-state index contributed by atoms with van der Waals surface area (Å²) in [4.78, 5) is 35.5. The highest BCUT2D eigenvalue weighted by Gasteiger charge is 2.27. The molecule has 2 aromatic heterocycles. The van der Waals surface area contributed by atoms with Gasteiger partial charge in [-0.25, -0.2) is 4.98 Å². The zero-order chi connectivity index (χ0) is 24.4. The van der Waals surface area contributed by atoms with Gasteiger partial charge in [0.25, 0.3) is 5.91 Å². The quantitative estimate of drug-likeness (QED) is 0.385. The van der Waals surface area contributed by atoms with Crippen LogP contribution >= 0.6 is 11.3 Å². The molecule has 0 spiro atoms. The lowest BCUT2D eigenvalue weighted by Gasteiger charge is -2.29. The van der Waals surface area contributed by atoms with Gasteiger partial charge in [-0.3, -0.25) is 19.4 Å². The van der Waals surface area contributed by atoms with Crippen molar-refractivity contribution < 1.29 is 23.4 Å². The number of amides is 1. The number of hydrogen-bond donors (Lipinski definition) is 0. The van der Waals surface area contributed by atoms with Gasteiger partial charge in [0.2, 0.25) is 5.43 Å². The van der Waals surface area contributed by atoms with Gasteiger partial charge in [-0.15, -0.1) is 0 Å². The highest BCUT2D eigenvalue weighted by Crippen LogP contribution is 2.40. The minimum absolute atomic E-state index is 0.0381. The number of anilines is 1. The van der Waals surface area contributed by atoms with Crippen molar-refractivity contribution in [2.75, 3.05) is 58.5 Å². The summed E-state index contributed by atoms with van der Waals surface area (Å²) in [5.41, 5.74) is 0.623. The highest BCUT2D eigenvalue weighted by molar-refractivity contribution is 7.22. The van der Waals surface area contributed by atoms with Gasteiger partial charge in [0.15, 0.2) is 5.13 Å². The lowest BCUT2D eigenvalue weighted by atomic mass is 10.1. The van der Waals surface area contributed by atoms with Gasteiger partial charge in [0, 0.05) is 26.2 Å². The number of carbonyl (C=O) groups excluding carboxylic acids is 1. The van der Waals surface area contributed by atoms with Crippen LogP contribution in [0.15, 0.2) is 51.9 Å². The fourth-order valence-corrected chi connectivity index (χ4v) is 5.21. The van der Waals surface area contributed by atoms with Crippen LogP contribution in [0.1, 0.15) is 10.4 Å². The molecule has 0 atom stereocenters. The highest BCUT2D eigenvalue weighted by atomic mass is 32.1. The second-order valence-electron chi connectivity index (χ2n) is 8.03. The lowest BCUT2D eigenvalue weighted by Crippen LogP contribution is -2.44. The van der Waals surface area contributed by atoms with Gasteiger partial charge in [-0.2, -0.15) is 0 Å². The van der Waals surface area contributed by atoms with Crippen LogP contribution in [0.5, 0.6) is 11.5 Å². The topological polar surface area (TPSA) is 94.3 Å². The number of thiazole rings is 1. The van der Waals surface area contributed by atoms with Crippen molar-refractivity contribution in [1.82, 2.24) is 9.88 Å². The number of fused-ring (bicyclic) bond motifs is 2. The molecule has 5 rings (SSSR count). The van der Waals surface area contributed by atoms with Crippen molar-refractivity contribution in [3.63, 3.8) is 0 Å². The Labute approximate surface area is 205 Å². The van der Waals surface area contributed by atoms with Crippen molar-refractivity contribution in [2.45, 2.75) is 0 Å². The van der Waals surface area contributed by atoms with Gasteiger partial charge < -0.3 is 18.6 Å². The standard InChI is InChI=1S/C25H25N3O6S/c1-31-19-7-8-20(32-2)23-21(19)26-25(35-23)28(10-9-27-11-13-33-14-12-27)24(30)17-15-34-18-6-4-3-5-16(18)22(17)29/h3-8,15H,9-14H2,1-2H3.